The molecule has 1 aromatic heterocycles. The Hall–Kier alpha value is -1.35. The van der Waals surface area contributed by atoms with Crippen LogP contribution in [-0.2, 0) is 13.5 Å². The third-order valence-electron chi connectivity index (χ3n) is 2.95. The molecule has 2 N–H and O–H groups in total. The Bertz CT molecular complexity index is 497. The fourth-order valence-corrected chi connectivity index (χ4v) is 2.34. The highest BCUT2D eigenvalue weighted by Gasteiger charge is 2.13. The first-order chi connectivity index (χ1) is 7.65. The average Bonchev–Trinajstić information content (AvgIpc) is 2.55. The van der Waals surface area contributed by atoms with Gasteiger partial charge in [0.25, 0.3) is 0 Å². The van der Waals surface area contributed by atoms with Crippen LogP contribution in [0.5, 0.6) is 0 Å². The van der Waals surface area contributed by atoms with Crippen molar-refractivity contribution in [1.82, 2.24) is 9.78 Å². The van der Waals surface area contributed by atoms with E-state index in [0.717, 1.165) is 11.9 Å². The second kappa shape index (κ2) is 4.26. The van der Waals surface area contributed by atoms with Crippen molar-refractivity contribution in [2.45, 2.75) is 26.2 Å². The predicted octanol–water partition coefficient (Wildman–Crippen LogP) is 2.20. The van der Waals surface area contributed by atoms with E-state index in [9.17, 15) is 0 Å². The van der Waals surface area contributed by atoms with Gasteiger partial charge in [-0.05, 0) is 24.4 Å². The largest absolute Gasteiger partial charge is 0.330 e. The number of nitrogens with two attached hydrogens (primary N) is 1. The van der Waals surface area contributed by atoms with Crippen molar-refractivity contribution in [1.29, 1.82) is 0 Å². The van der Waals surface area contributed by atoms with Crippen LogP contribution in [0.4, 0.5) is 0 Å². The summed E-state index contributed by atoms with van der Waals surface area (Å²) in [6.07, 6.45) is 0.895. The fourth-order valence-electron chi connectivity index (χ4n) is 2.34. The molecule has 0 saturated heterocycles. The Kier molecular flexibility index (Phi) is 2.97. The van der Waals surface area contributed by atoms with Crippen LogP contribution in [0, 0.1) is 0 Å². The Labute approximate surface area is 96.2 Å². The van der Waals surface area contributed by atoms with Gasteiger partial charge in [0.05, 0.1) is 5.52 Å². The Morgan fingerprint density at radius 2 is 2.12 bits per heavy atom. The summed E-state index contributed by atoms with van der Waals surface area (Å²) in [5.74, 6) is 0.489. The molecule has 16 heavy (non-hydrogen) atoms. The summed E-state index contributed by atoms with van der Waals surface area (Å²) in [7, 11) is 2.02. The van der Waals surface area contributed by atoms with E-state index in [1.807, 2.05) is 11.7 Å². The van der Waals surface area contributed by atoms with E-state index < -0.39 is 0 Å². The molecule has 3 nitrogen and oxygen atoms in total. The van der Waals surface area contributed by atoms with Crippen LogP contribution in [0.2, 0.25) is 0 Å². The van der Waals surface area contributed by atoms with Gasteiger partial charge in [0.2, 0.25) is 0 Å². The van der Waals surface area contributed by atoms with Crippen molar-refractivity contribution >= 4 is 10.9 Å². The number of aromatic nitrogens is 2. The van der Waals surface area contributed by atoms with Gasteiger partial charge in [-0.25, -0.2) is 0 Å². The second-order valence-corrected chi connectivity index (χ2v) is 4.52. The molecule has 2 aromatic rings. The summed E-state index contributed by atoms with van der Waals surface area (Å²) in [5.41, 5.74) is 9.28. The zero-order chi connectivity index (χ0) is 11.7. The molecular weight excluding hydrogens is 198 g/mol. The number of aryl methyl sites for hydroxylation is 1. The van der Waals surface area contributed by atoms with Gasteiger partial charge in [-0.3, -0.25) is 4.68 Å². The van der Waals surface area contributed by atoms with Crippen LogP contribution < -0.4 is 5.73 Å². The minimum Gasteiger partial charge on any atom is -0.330 e. The molecule has 0 amide bonds. The van der Waals surface area contributed by atoms with Crippen LogP contribution >= 0.6 is 0 Å². The van der Waals surface area contributed by atoms with Gasteiger partial charge in [-0.2, -0.15) is 5.10 Å². The molecular formula is C13H19N3. The minimum atomic E-state index is 0.489. The Morgan fingerprint density at radius 3 is 2.75 bits per heavy atom. The normalized spacial score (nSPS) is 11.6. The van der Waals surface area contributed by atoms with E-state index in [1.165, 1.54) is 16.6 Å². The van der Waals surface area contributed by atoms with Gasteiger partial charge in [-0.15, -0.1) is 0 Å². The smallest absolute Gasteiger partial charge is 0.0958 e. The first-order valence-corrected chi connectivity index (χ1v) is 5.79. The third-order valence-corrected chi connectivity index (χ3v) is 2.95. The van der Waals surface area contributed by atoms with E-state index in [-0.39, 0.29) is 0 Å². The molecule has 2 rings (SSSR count). The zero-order valence-corrected chi connectivity index (χ0v) is 10.2. The lowest BCUT2D eigenvalue weighted by Crippen LogP contribution is -2.03. The van der Waals surface area contributed by atoms with E-state index >= 15 is 0 Å². The first kappa shape index (κ1) is 11.1. The van der Waals surface area contributed by atoms with Crippen LogP contribution in [-0.4, -0.2) is 16.3 Å². The third kappa shape index (κ3) is 1.71. The highest BCUT2D eigenvalue weighted by molar-refractivity contribution is 5.85. The van der Waals surface area contributed by atoms with Crippen molar-refractivity contribution in [3.63, 3.8) is 0 Å². The predicted molar refractivity (Wildman–Crippen MR) is 67.6 cm³/mol. The molecule has 1 aromatic carbocycles. The van der Waals surface area contributed by atoms with Crippen molar-refractivity contribution in [2.24, 2.45) is 12.8 Å². The molecule has 86 valence electrons. The number of rotatable bonds is 3. The first-order valence-electron chi connectivity index (χ1n) is 5.79. The monoisotopic (exact) mass is 217 g/mol. The topological polar surface area (TPSA) is 43.8 Å². The standard InChI is InChI=1S/C13H19N3/c1-9(2)13-11-6-4-5-10(7-8-14)12(11)15-16(13)3/h4-6,9H,7-8,14H2,1-3H3. The number of hydrogen-bond donors (Lipinski definition) is 1. The molecule has 0 atom stereocenters. The van der Waals surface area contributed by atoms with E-state index in [0.29, 0.717) is 12.5 Å². The molecule has 0 spiro atoms. The van der Waals surface area contributed by atoms with Crippen molar-refractivity contribution < 1.29 is 0 Å². The van der Waals surface area contributed by atoms with Gasteiger partial charge in [-0.1, -0.05) is 32.0 Å². The maximum atomic E-state index is 5.62. The van der Waals surface area contributed by atoms with E-state index in [1.54, 1.807) is 0 Å². The van der Waals surface area contributed by atoms with Crippen molar-refractivity contribution in [3.05, 3.63) is 29.5 Å². The van der Waals surface area contributed by atoms with Gasteiger partial charge < -0.3 is 5.73 Å². The SMILES string of the molecule is CC(C)c1c2cccc(CCN)c2nn1C. The quantitative estimate of drug-likeness (QED) is 0.856. The van der Waals surface area contributed by atoms with Crippen LogP contribution in [0.15, 0.2) is 18.2 Å². The van der Waals surface area contributed by atoms with E-state index in [2.05, 4.69) is 37.1 Å². The molecule has 0 aliphatic carbocycles. The highest BCUT2D eigenvalue weighted by Crippen LogP contribution is 2.26. The average molecular weight is 217 g/mol. The molecule has 0 unspecified atom stereocenters. The van der Waals surface area contributed by atoms with Gasteiger partial charge >= 0.3 is 0 Å². The van der Waals surface area contributed by atoms with Gasteiger partial charge in [0.1, 0.15) is 0 Å². The number of hydrogen-bond acceptors (Lipinski definition) is 2. The Morgan fingerprint density at radius 1 is 1.38 bits per heavy atom. The van der Waals surface area contributed by atoms with Gasteiger partial charge in [0, 0.05) is 18.1 Å². The maximum Gasteiger partial charge on any atom is 0.0958 e. The number of benzene rings is 1. The number of fused-ring (bicyclic) bond motifs is 1. The number of nitrogens with zero attached hydrogens (tertiary/aromatic N) is 2. The fraction of sp³-hybridized carbons (Fsp3) is 0.462. The zero-order valence-electron chi connectivity index (χ0n) is 10.2. The summed E-state index contributed by atoms with van der Waals surface area (Å²) in [5, 5.41) is 5.88. The molecule has 0 aliphatic heterocycles. The molecule has 1 heterocycles. The van der Waals surface area contributed by atoms with Crippen LogP contribution in [0.25, 0.3) is 10.9 Å². The molecule has 0 bridgehead atoms. The maximum absolute atomic E-state index is 5.62. The summed E-state index contributed by atoms with van der Waals surface area (Å²) >= 11 is 0. The lowest BCUT2D eigenvalue weighted by Gasteiger charge is -2.05. The summed E-state index contributed by atoms with van der Waals surface area (Å²) in [4.78, 5) is 0. The lowest BCUT2D eigenvalue weighted by atomic mass is 10.0. The Balaban J connectivity index is 2.67. The van der Waals surface area contributed by atoms with Gasteiger partial charge in [0.15, 0.2) is 0 Å². The van der Waals surface area contributed by atoms with Crippen molar-refractivity contribution in [3.8, 4) is 0 Å². The highest BCUT2D eigenvalue weighted by atomic mass is 15.3. The van der Waals surface area contributed by atoms with Crippen LogP contribution in [0.1, 0.15) is 31.0 Å². The molecule has 3 heteroatoms. The molecule has 0 fully saturated rings. The minimum absolute atomic E-state index is 0.489. The summed E-state index contributed by atoms with van der Waals surface area (Å²) < 4.78 is 2.00. The second-order valence-electron chi connectivity index (χ2n) is 4.52. The van der Waals surface area contributed by atoms with Crippen LogP contribution in [0.3, 0.4) is 0 Å². The molecule has 0 aliphatic rings. The summed E-state index contributed by atoms with van der Waals surface area (Å²) in [6.45, 7) is 5.07. The lowest BCUT2D eigenvalue weighted by molar-refractivity contribution is 0.677. The molecule has 0 radical (unpaired) electrons. The van der Waals surface area contributed by atoms with Crippen molar-refractivity contribution in [2.75, 3.05) is 6.54 Å². The summed E-state index contributed by atoms with van der Waals surface area (Å²) in [6, 6.07) is 6.37. The molecule has 0 saturated carbocycles. The van der Waals surface area contributed by atoms with E-state index in [4.69, 9.17) is 5.73 Å².